The molecule has 0 aliphatic heterocycles. The molecule has 0 spiro atoms. The highest BCUT2D eigenvalue weighted by molar-refractivity contribution is 14.1. The Balaban J connectivity index is 2.34. The van der Waals surface area contributed by atoms with Crippen molar-refractivity contribution in [3.05, 3.63) is 56.6 Å². The van der Waals surface area contributed by atoms with Gasteiger partial charge in [-0.1, -0.05) is 17.7 Å². The number of hydrogen-bond donors (Lipinski definition) is 1. The molecule has 0 radical (unpaired) electrons. The van der Waals surface area contributed by atoms with Gasteiger partial charge in [-0.15, -0.1) is 0 Å². The fraction of sp³-hybridized carbons (Fsp3) is 0.0909. The topological polar surface area (TPSA) is 46.0 Å². The van der Waals surface area contributed by atoms with Gasteiger partial charge >= 0.3 is 0 Å². The highest BCUT2D eigenvalue weighted by Gasteiger charge is 2.11. The molecule has 0 saturated heterocycles. The molecule has 0 aliphatic rings. The van der Waals surface area contributed by atoms with Crippen molar-refractivity contribution in [3.8, 4) is 0 Å². The summed E-state index contributed by atoms with van der Waals surface area (Å²) in [5, 5.41) is 10.7. The molecule has 0 aliphatic carbocycles. The molecule has 1 heterocycles. The minimum atomic E-state index is -0.740. The average molecular weight is 347 g/mol. The van der Waals surface area contributed by atoms with E-state index >= 15 is 0 Å². The van der Waals surface area contributed by atoms with E-state index in [4.69, 9.17) is 11.6 Å². The van der Waals surface area contributed by atoms with Crippen molar-refractivity contribution in [2.45, 2.75) is 6.10 Å². The summed E-state index contributed by atoms with van der Waals surface area (Å²) in [6.45, 7) is 0. The number of aromatic nitrogens is 2. The maximum Gasteiger partial charge on any atom is 0.115 e. The van der Waals surface area contributed by atoms with E-state index in [0.717, 1.165) is 9.13 Å². The van der Waals surface area contributed by atoms with E-state index in [2.05, 4.69) is 32.6 Å². The Morgan fingerprint density at radius 2 is 1.88 bits per heavy atom. The summed E-state index contributed by atoms with van der Waals surface area (Å²) in [5.41, 5.74) is 1.39. The monoisotopic (exact) mass is 346 g/mol. The van der Waals surface area contributed by atoms with Gasteiger partial charge in [-0.05, 0) is 40.3 Å². The molecular formula is C11H8ClIN2O. The normalized spacial score (nSPS) is 12.4. The number of benzene rings is 1. The van der Waals surface area contributed by atoms with Crippen molar-refractivity contribution in [1.82, 2.24) is 9.97 Å². The Kier molecular flexibility index (Phi) is 3.73. The first kappa shape index (κ1) is 11.8. The predicted molar refractivity (Wildman–Crippen MR) is 70.3 cm³/mol. The number of nitrogens with zero attached hydrogens (tertiary/aromatic N) is 2. The van der Waals surface area contributed by atoms with Crippen LogP contribution in [0.15, 0.2) is 36.9 Å². The van der Waals surface area contributed by atoms with Crippen LogP contribution in [-0.4, -0.2) is 15.1 Å². The lowest BCUT2D eigenvalue weighted by atomic mass is 10.0. The van der Waals surface area contributed by atoms with E-state index in [9.17, 15) is 5.11 Å². The lowest BCUT2D eigenvalue weighted by Gasteiger charge is -2.11. The number of halogens is 2. The second-order valence-electron chi connectivity index (χ2n) is 3.25. The summed E-state index contributed by atoms with van der Waals surface area (Å²) in [4.78, 5) is 7.73. The zero-order chi connectivity index (χ0) is 11.5. The molecule has 1 unspecified atom stereocenters. The zero-order valence-corrected chi connectivity index (χ0v) is 11.1. The van der Waals surface area contributed by atoms with Gasteiger partial charge in [-0.25, -0.2) is 9.97 Å². The quantitative estimate of drug-likeness (QED) is 0.851. The van der Waals surface area contributed by atoms with Crippen LogP contribution in [0.2, 0.25) is 5.02 Å². The van der Waals surface area contributed by atoms with Crippen LogP contribution in [0.1, 0.15) is 17.2 Å². The van der Waals surface area contributed by atoms with Crippen molar-refractivity contribution >= 4 is 34.2 Å². The third-order valence-electron chi connectivity index (χ3n) is 2.16. The average Bonchev–Trinajstić information content (AvgIpc) is 2.33. The van der Waals surface area contributed by atoms with Crippen LogP contribution in [-0.2, 0) is 0 Å². The summed E-state index contributed by atoms with van der Waals surface area (Å²) >= 11 is 8.14. The largest absolute Gasteiger partial charge is 0.384 e. The van der Waals surface area contributed by atoms with Crippen molar-refractivity contribution in [1.29, 1.82) is 0 Å². The maximum absolute atomic E-state index is 10.1. The van der Waals surface area contributed by atoms with Crippen molar-refractivity contribution in [2.24, 2.45) is 0 Å². The number of aliphatic hydroxyl groups excluding tert-OH is 1. The fourth-order valence-electron chi connectivity index (χ4n) is 1.33. The van der Waals surface area contributed by atoms with Gasteiger partial charge in [0.15, 0.2) is 0 Å². The van der Waals surface area contributed by atoms with E-state index in [0.29, 0.717) is 10.6 Å². The van der Waals surface area contributed by atoms with E-state index in [1.165, 1.54) is 6.33 Å². The van der Waals surface area contributed by atoms with E-state index in [1.807, 2.05) is 12.1 Å². The van der Waals surface area contributed by atoms with Crippen LogP contribution in [0.25, 0.3) is 0 Å². The number of aliphatic hydroxyl groups is 1. The van der Waals surface area contributed by atoms with Gasteiger partial charge in [-0.2, -0.15) is 0 Å². The van der Waals surface area contributed by atoms with E-state index in [-0.39, 0.29) is 0 Å². The molecule has 82 valence electrons. The van der Waals surface area contributed by atoms with Gasteiger partial charge < -0.3 is 5.11 Å². The van der Waals surface area contributed by atoms with Crippen LogP contribution in [0.5, 0.6) is 0 Å². The molecule has 16 heavy (non-hydrogen) atoms. The second kappa shape index (κ2) is 5.07. The Morgan fingerprint density at radius 1 is 1.19 bits per heavy atom. The molecule has 1 N–H and O–H groups in total. The second-order valence-corrected chi connectivity index (χ2v) is 4.82. The van der Waals surface area contributed by atoms with Crippen molar-refractivity contribution in [2.75, 3.05) is 0 Å². The van der Waals surface area contributed by atoms with Gasteiger partial charge in [0.25, 0.3) is 0 Å². The van der Waals surface area contributed by atoms with Gasteiger partial charge in [0.2, 0.25) is 0 Å². The molecule has 1 atom stereocenters. The Labute approximate surface area is 112 Å². The third kappa shape index (κ3) is 2.50. The Bertz CT molecular complexity index is 493. The van der Waals surface area contributed by atoms with Crippen LogP contribution < -0.4 is 0 Å². The molecule has 1 aromatic carbocycles. The lowest BCUT2D eigenvalue weighted by molar-refractivity contribution is 0.219. The molecule has 0 saturated carbocycles. The first-order valence-corrected chi connectivity index (χ1v) is 6.02. The standard InChI is InChI=1S/C11H8ClIN2O/c12-9-3-7(1-2-10(9)13)11(16)8-4-14-6-15-5-8/h1-6,11,16H. The summed E-state index contributed by atoms with van der Waals surface area (Å²) in [6.07, 6.45) is 3.86. The highest BCUT2D eigenvalue weighted by Crippen LogP contribution is 2.26. The Hall–Kier alpha value is -0.720. The molecule has 0 bridgehead atoms. The highest BCUT2D eigenvalue weighted by atomic mass is 127. The summed E-state index contributed by atoms with van der Waals surface area (Å²) in [6, 6.07) is 5.46. The van der Waals surface area contributed by atoms with Crippen LogP contribution in [0.3, 0.4) is 0 Å². The molecular weight excluding hydrogens is 338 g/mol. The SMILES string of the molecule is OC(c1cncnc1)c1ccc(I)c(Cl)c1. The Morgan fingerprint density at radius 3 is 2.50 bits per heavy atom. The van der Waals surface area contributed by atoms with Crippen LogP contribution in [0.4, 0.5) is 0 Å². The van der Waals surface area contributed by atoms with Crippen LogP contribution >= 0.6 is 34.2 Å². The molecule has 3 nitrogen and oxygen atoms in total. The molecule has 0 fully saturated rings. The van der Waals surface area contributed by atoms with Crippen molar-refractivity contribution in [3.63, 3.8) is 0 Å². The minimum absolute atomic E-state index is 0.633. The summed E-state index contributed by atoms with van der Waals surface area (Å²) in [7, 11) is 0. The van der Waals surface area contributed by atoms with Crippen molar-refractivity contribution < 1.29 is 5.11 Å². The molecule has 5 heteroatoms. The van der Waals surface area contributed by atoms with E-state index in [1.54, 1.807) is 18.5 Å². The van der Waals surface area contributed by atoms with E-state index < -0.39 is 6.10 Å². The summed E-state index contributed by atoms with van der Waals surface area (Å²) in [5.74, 6) is 0. The lowest BCUT2D eigenvalue weighted by Crippen LogP contribution is -2.01. The van der Waals surface area contributed by atoms with Crippen LogP contribution in [0, 0.1) is 3.57 Å². The van der Waals surface area contributed by atoms with Gasteiger partial charge in [-0.3, -0.25) is 0 Å². The zero-order valence-electron chi connectivity index (χ0n) is 8.14. The van der Waals surface area contributed by atoms with Gasteiger partial charge in [0.05, 0.1) is 5.02 Å². The summed E-state index contributed by atoms with van der Waals surface area (Å²) < 4.78 is 0.958. The molecule has 0 amide bonds. The molecule has 1 aromatic heterocycles. The fourth-order valence-corrected chi connectivity index (χ4v) is 1.85. The maximum atomic E-state index is 10.1. The van der Waals surface area contributed by atoms with Gasteiger partial charge in [0, 0.05) is 21.5 Å². The van der Waals surface area contributed by atoms with Gasteiger partial charge in [0.1, 0.15) is 12.4 Å². The molecule has 2 aromatic rings. The number of hydrogen-bond acceptors (Lipinski definition) is 3. The predicted octanol–water partition coefficient (Wildman–Crippen LogP) is 2.82. The smallest absolute Gasteiger partial charge is 0.115 e. The minimum Gasteiger partial charge on any atom is -0.384 e. The third-order valence-corrected chi connectivity index (χ3v) is 3.73. The first-order valence-electron chi connectivity index (χ1n) is 4.56. The first-order chi connectivity index (χ1) is 7.68. The number of rotatable bonds is 2. The molecule has 2 rings (SSSR count).